The molecule has 0 aliphatic heterocycles. The number of hydrogen-bond donors (Lipinski definition) is 2. The van der Waals surface area contributed by atoms with Crippen molar-refractivity contribution in [2.45, 2.75) is 13.8 Å². The van der Waals surface area contributed by atoms with Crippen LogP contribution in [-0.4, -0.2) is 33.7 Å². The van der Waals surface area contributed by atoms with E-state index >= 15 is 0 Å². The van der Waals surface area contributed by atoms with Crippen LogP contribution in [0.5, 0.6) is 0 Å². The summed E-state index contributed by atoms with van der Waals surface area (Å²) in [5.41, 5.74) is 9.99. The second-order valence-corrected chi connectivity index (χ2v) is 7.26. The molecule has 8 heteroatoms. The Labute approximate surface area is 184 Å². The van der Waals surface area contributed by atoms with Crippen LogP contribution >= 0.6 is 0 Å². The summed E-state index contributed by atoms with van der Waals surface area (Å²) in [6, 6.07) is 14.8. The zero-order valence-corrected chi connectivity index (χ0v) is 17.8. The highest BCUT2D eigenvalue weighted by Gasteiger charge is 2.12. The third-order valence-corrected chi connectivity index (χ3v) is 5.08. The number of fused-ring (bicyclic) bond motifs is 1. The highest BCUT2D eigenvalue weighted by atomic mass is 16.5. The standard InChI is InChI=1S/C24H23N5O3/c1-3-32-21(30)14-26-18-5-7-19(8-6-18)29-11-10-15(2)22(23(29)31)16-4-9-20-17(12-16)13-27-24(25)28-20/h4-13,26H,3,14H2,1-2H3,(H2,25,27,28). The summed E-state index contributed by atoms with van der Waals surface area (Å²) in [5.74, 6) is -0.108. The molecular weight excluding hydrogens is 406 g/mol. The van der Waals surface area contributed by atoms with E-state index in [1.54, 1.807) is 23.9 Å². The van der Waals surface area contributed by atoms with Crippen LogP contribution in [0.1, 0.15) is 12.5 Å². The molecular formula is C24H23N5O3. The number of aromatic nitrogens is 3. The minimum atomic E-state index is -0.320. The quantitative estimate of drug-likeness (QED) is 0.452. The van der Waals surface area contributed by atoms with Crippen molar-refractivity contribution in [3.8, 4) is 16.8 Å². The molecule has 3 N–H and O–H groups in total. The van der Waals surface area contributed by atoms with Crippen molar-refractivity contribution in [2.24, 2.45) is 0 Å². The summed E-state index contributed by atoms with van der Waals surface area (Å²) in [6.45, 7) is 4.10. The number of nitrogen functional groups attached to an aromatic ring is 1. The van der Waals surface area contributed by atoms with Gasteiger partial charge in [-0.25, -0.2) is 9.97 Å². The van der Waals surface area contributed by atoms with Gasteiger partial charge in [-0.3, -0.25) is 14.2 Å². The summed E-state index contributed by atoms with van der Waals surface area (Å²) in [5, 5.41) is 3.82. The number of carbonyl (C=O) groups is 1. The fourth-order valence-electron chi connectivity index (χ4n) is 3.51. The Bertz CT molecular complexity index is 1350. The van der Waals surface area contributed by atoms with Gasteiger partial charge in [0.25, 0.3) is 5.56 Å². The van der Waals surface area contributed by atoms with Crippen molar-refractivity contribution < 1.29 is 9.53 Å². The van der Waals surface area contributed by atoms with Crippen LogP contribution in [0.25, 0.3) is 27.7 Å². The number of ether oxygens (including phenoxy) is 1. The fourth-order valence-corrected chi connectivity index (χ4v) is 3.51. The molecule has 2 aromatic carbocycles. The third-order valence-electron chi connectivity index (χ3n) is 5.08. The molecule has 0 unspecified atom stereocenters. The summed E-state index contributed by atoms with van der Waals surface area (Å²) in [7, 11) is 0. The van der Waals surface area contributed by atoms with Gasteiger partial charge in [0.15, 0.2) is 0 Å². The first-order valence-electron chi connectivity index (χ1n) is 10.2. The molecule has 0 bridgehead atoms. The first-order chi connectivity index (χ1) is 15.5. The number of esters is 1. The molecule has 0 saturated carbocycles. The zero-order valence-electron chi connectivity index (χ0n) is 17.8. The molecule has 4 rings (SSSR count). The van der Waals surface area contributed by atoms with Gasteiger partial charge < -0.3 is 15.8 Å². The van der Waals surface area contributed by atoms with Crippen LogP contribution in [0.4, 0.5) is 11.6 Å². The molecule has 0 amide bonds. The molecule has 0 spiro atoms. The molecule has 0 aliphatic rings. The van der Waals surface area contributed by atoms with Gasteiger partial charge >= 0.3 is 5.97 Å². The van der Waals surface area contributed by atoms with Gasteiger partial charge in [-0.2, -0.15) is 0 Å². The van der Waals surface area contributed by atoms with Crippen LogP contribution in [0, 0.1) is 6.92 Å². The van der Waals surface area contributed by atoms with E-state index < -0.39 is 0 Å². The number of carbonyl (C=O) groups excluding carboxylic acids is 1. The lowest BCUT2D eigenvalue weighted by Crippen LogP contribution is -2.20. The van der Waals surface area contributed by atoms with Crippen LogP contribution in [0.15, 0.2) is 65.7 Å². The molecule has 0 radical (unpaired) electrons. The van der Waals surface area contributed by atoms with Gasteiger partial charge in [-0.15, -0.1) is 0 Å². The smallest absolute Gasteiger partial charge is 0.325 e. The fraction of sp³-hybridized carbons (Fsp3) is 0.167. The van der Waals surface area contributed by atoms with Crippen molar-refractivity contribution in [3.63, 3.8) is 0 Å². The lowest BCUT2D eigenvalue weighted by atomic mass is 10.0. The van der Waals surface area contributed by atoms with Crippen molar-refractivity contribution >= 4 is 28.5 Å². The van der Waals surface area contributed by atoms with Gasteiger partial charge in [0.1, 0.15) is 6.54 Å². The van der Waals surface area contributed by atoms with E-state index in [2.05, 4.69) is 15.3 Å². The van der Waals surface area contributed by atoms with Crippen LogP contribution in [-0.2, 0) is 9.53 Å². The highest BCUT2D eigenvalue weighted by Crippen LogP contribution is 2.24. The normalized spacial score (nSPS) is 10.8. The first-order valence-corrected chi connectivity index (χ1v) is 10.2. The number of aryl methyl sites for hydroxylation is 1. The highest BCUT2D eigenvalue weighted by molar-refractivity contribution is 5.85. The SMILES string of the molecule is CCOC(=O)CNc1ccc(-n2ccc(C)c(-c3ccc4nc(N)ncc4c3)c2=O)cc1. The Hall–Kier alpha value is -4.20. The Kier molecular flexibility index (Phi) is 5.85. The van der Waals surface area contributed by atoms with Gasteiger partial charge in [0, 0.05) is 29.2 Å². The monoisotopic (exact) mass is 429 g/mol. The van der Waals surface area contributed by atoms with Crippen LogP contribution in [0.2, 0.25) is 0 Å². The molecule has 8 nitrogen and oxygen atoms in total. The molecule has 4 aromatic rings. The first kappa shape index (κ1) is 21.0. The average Bonchev–Trinajstić information content (AvgIpc) is 2.78. The Morgan fingerprint density at radius 3 is 2.69 bits per heavy atom. The van der Waals surface area contributed by atoms with Crippen molar-refractivity contribution in [2.75, 3.05) is 24.2 Å². The summed E-state index contributed by atoms with van der Waals surface area (Å²) in [6.07, 6.45) is 3.41. The van der Waals surface area contributed by atoms with E-state index in [4.69, 9.17) is 10.5 Å². The predicted octanol–water partition coefficient (Wildman–Crippen LogP) is 3.31. The van der Waals surface area contributed by atoms with Crippen molar-refractivity contribution in [1.29, 1.82) is 0 Å². The Morgan fingerprint density at radius 1 is 1.16 bits per heavy atom. The second kappa shape index (κ2) is 8.89. The predicted molar refractivity (Wildman–Crippen MR) is 125 cm³/mol. The van der Waals surface area contributed by atoms with Gasteiger partial charge in [-0.1, -0.05) is 6.07 Å². The van der Waals surface area contributed by atoms with Gasteiger partial charge in [-0.05, 0) is 67.4 Å². The lowest BCUT2D eigenvalue weighted by molar-refractivity contribution is -0.140. The lowest BCUT2D eigenvalue weighted by Gasteiger charge is -2.13. The van der Waals surface area contributed by atoms with E-state index in [0.29, 0.717) is 12.2 Å². The number of pyridine rings is 1. The maximum absolute atomic E-state index is 13.4. The number of hydrogen-bond acceptors (Lipinski definition) is 7. The van der Waals surface area contributed by atoms with Crippen LogP contribution in [0.3, 0.4) is 0 Å². The minimum Gasteiger partial charge on any atom is -0.465 e. The minimum absolute atomic E-state index is 0.0825. The molecule has 2 aromatic heterocycles. The number of rotatable bonds is 6. The number of anilines is 2. The van der Waals surface area contributed by atoms with Gasteiger partial charge in [0.2, 0.25) is 5.95 Å². The molecule has 0 fully saturated rings. The third kappa shape index (κ3) is 4.29. The van der Waals surface area contributed by atoms with Crippen molar-refractivity contribution in [3.05, 3.63) is 76.8 Å². The number of nitrogens with zero attached hydrogens (tertiary/aromatic N) is 3. The largest absolute Gasteiger partial charge is 0.465 e. The van der Waals surface area contributed by atoms with Gasteiger partial charge in [0.05, 0.1) is 17.7 Å². The average molecular weight is 429 g/mol. The number of benzene rings is 2. The van der Waals surface area contributed by atoms with E-state index in [1.165, 1.54) is 0 Å². The van der Waals surface area contributed by atoms with E-state index in [0.717, 1.165) is 33.4 Å². The molecule has 2 heterocycles. The maximum Gasteiger partial charge on any atom is 0.325 e. The summed E-state index contributed by atoms with van der Waals surface area (Å²) < 4.78 is 6.51. The summed E-state index contributed by atoms with van der Waals surface area (Å²) >= 11 is 0. The Morgan fingerprint density at radius 2 is 1.94 bits per heavy atom. The molecule has 0 saturated heterocycles. The second-order valence-electron chi connectivity index (χ2n) is 7.26. The molecule has 0 atom stereocenters. The Balaban J connectivity index is 1.66. The van der Waals surface area contributed by atoms with Crippen LogP contribution < -0.4 is 16.6 Å². The molecule has 32 heavy (non-hydrogen) atoms. The number of nitrogens with one attached hydrogen (secondary N) is 1. The van der Waals surface area contributed by atoms with E-state index in [-0.39, 0.29) is 24.0 Å². The molecule has 0 aliphatic carbocycles. The zero-order chi connectivity index (χ0) is 22.7. The number of nitrogens with two attached hydrogens (primary N) is 1. The summed E-state index contributed by atoms with van der Waals surface area (Å²) in [4.78, 5) is 33.2. The molecule has 162 valence electrons. The maximum atomic E-state index is 13.4. The topological polar surface area (TPSA) is 112 Å². The van der Waals surface area contributed by atoms with E-state index in [9.17, 15) is 9.59 Å². The van der Waals surface area contributed by atoms with E-state index in [1.807, 2.05) is 55.5 Å². The van der Waals surface area contributed by atoms with Crippen molar-refractivity contribution in [1.82, 2.24) is 14.5 Å².